The van der Waals surface area contributed by atoms with Gasteiger partial charge in [0, 0.05) is 13.1 Å². The summed E-state index contributed by atoms with van der Waals surface area (Å²) in [7, 11) is 0. The Balaban J connectivity index is 2.18. The number of nitrogens with two attached hydrogens (primary N) is 1. The third-order valence-electron chi connectivity index (χ3n) is 1.83. The summed E-state index contributed by atoms with van der Waals surface area (Å²) in [4.78, 5) is 15.5. The number of rotatable bonds is 2. The van der Waals surface area contributed by atoms with Crippen LogP contribution < -0.4 is 11.1 Å². The van der Waals surface area contributed by atoms with Gasteiger partial charge in [0.15, 0.2) is 0 Å². The number of pyridine rings is 1. The molecule has 0 atom stereocenters. The van der Waals surface area contributed by atoms with E-state index < -0.39 is 5.91 Å². The normalized spacial score (nSPS) is 10.1. The first-order valence-corrected chi connectivity index (χ1v) is 4.49. The van der Waals surface area contributed by atoms with Crippen LogP contribution in [0.15, 0.2) is 22.7 Å². The van der Waals surface area contributed by atoms with Gasteiger partial charge in [-0.1, -0.05) is 5.10 Å². The van der Waals surface area contributed by atoms with Crippen molar-refractivity contribution >= 4 is 17.7 Å². The monoisotopic (exact) mass is 219 g/mol. The standard InChI is InChI=1S/C9H9N5O2/c1-5-13-14-9(16-5)12-8(15)6-3-2-4-11-7(6)10/h2-4H,1H3,(H2,10,11)(H,12,14,15). The first-order chi connectivity index (χ1) is 7.66. The number of aromatic nitrogens is 3. The Labute approximate surface area is 90.7 Å². The van der Waals surface area contributed by atoms with Crippen molar-refractivity contribution in [2.45, 2.75) is 6.92 Å². The van der Waals surface area contributed by atoms with E-state index in [1.807, 2.05) is 0 Å². The zero-order valence-corrected chi connectivity index (χ0v) is 8.47. The Kier molecular flexibility index (Phi) is 2.50. The Bertz CT molecular complexity index is 522. The average Bonchev–Trinajstić information content (AvgIpc) is 2.64. The van der Waals surface area contributed by atoms with E-state index in [-0.39, 0.29) is 17.4 Å². The highest BCUT2D eigenvalue weighted by atomic mass is 16.4. The second-order valence-corrected chi connectivity index (χ2v) is 3.02. The molecule has 7 heteroatoms. The topological polar surface area (TPSA) is 107 Å². The number of hydrogen-bond acceptors (Lipinski definition) is 6. The van der Waals surface area contributed by atoms with Crippen molar-refractivity contribution in [3.63, 3.8) is 0 Å². The van der Waals surface area contributed by atoms with Crippen molar-refractivity contribution in [2.75, 3.05) is 11.1 Å². The number of amides is 1. The summed E-state index contributed by atoms with van der Waals surface area (Å²) < 4.78 is 5.00. The molecular formula is C9H9N5O2. The molecule has 2 heterocycles. The van der Waals surface area contributed by atoms with Crippen molar-refractivity contribution in [1.82, 2.24) is 15.2 Å². The lowest BCUT2D eigenvalue weighted by Gasteiger charge is -2.02. The molecule has 7 nitrogen and oxygen atoms in total. The number of carbonyl (C=O) groups is 1. The molecule has 0 aliphatic carbocycles. The first-order valence-electron chi connectivity index (χ1n) is 4.49. The largest absolute Gasteiger partial charge is 0.408 e. The van der Waals surface area contributed by atoms with Crippen molar-refractivity contribution in [3.8, 4) is 0 Å². The van der Waals surface area contributed by atoms with E-state index >= 15 is 0 Å². The van der Waals surface area contributed by atoms with E-state index in [1.165, 1.54) is 6.20 Å². The molecule has 2 rings (SSSR count). The SMILES string of the molecule is Cc1nnc(NC(=O)c2cccnc2N)o1. The quantitative estimate of drug-likeness (QED) is 0.766. The summed E-state index contributed by atoms with van der Waals surface area (Å²) in [6.07, 6.45) is 1.50. The van der Waals surface area contributed by atoms with Crippen molar-refractivity contribution in [3.05, 3.63) is 29.8 Å². The van der Waals surface area contributed by atoms with Crippen LogP contribution in [0.5, 0.6) is 0 Å². The predicted molar refractivity (Wildman–Crippen MR) is 55.6 cm³/mol. The zero-order chi connectivity index (χ0) is 11.5. The minimum Gasteiger partial charge on any atom is -0.408 e. The molecule has 0 bridgehead atoms. The summed E-state index contributed by atoms with van der Waals surface area (Å²) in [6, 6.07) is 3.20. The van der Waals surface area contributed by atoms with Crippen LogP contribution in [0.3, 0.4) is 0 Å². The Morgan fingerprint density at radius 1 is 1.50 bits per heavy atom. The van der Waals surface area contributed by atoms with Crippen molar-refractivity contribution < 1.29 is 9.21 Å². The van der Waals surface area contributed by atoms with Gasteiger partial charge in [0.1, 0.15) is 5.82 Å². The summed E-state index contributed by atoms with van der Waals surface area (Å²) >= 11 is 0. The molecule has 0 aromatic carbocycles. The van der Waals surface area contributed by atoms with Gasteiger partial charge < -0.3 is 10.2 Å². The lowest BCUT2D eigenvalue weighted by Crippen LogP contribution is -2.14. The van der Waals surface area contributed by atoms with Gasteiger partial charge in [-0.2, -0.15) is 0 Å². The van der Waals surface area contributed by atoms with Gasteiger partial charge in [-0.25, -0.2) is 4.98 Å². The lowest BCUT2D eigenvalue weighted by molar-refractivity contribution is 0.102. The van der Waals surface area contributed by atoms with E-state index in [1.54, 1.807) is 19.1 Å². The number of hydrogen-bond donors (Lipinski definition) is 2. The number of aryl methyl sites for hydroxylation is 1. The molecule has 16 heavy (non-hydrogen) atoms. The molecule has 0 fully saturated rings. The molecule has 82 valence electrons. The van der Waals surface area contributed by atoms with Gasteiger partial charge >= 0.3 is 6.01 Å². The number of carbonyl (C=O) groups excluding carboxylic acids is 1. The fourth-order valence-corrected chi connectivity index (χ4v) is 1.12. The van der Waals surface area contributed by atoms with Gasteiger partial charge in [0.2, 0.25) is 5.89 Å². The number of anilines is 2. The Morgan fingerprint density at radius 2 is 2.31 bits per heavy atom. The molecule has 0 spiro atoms. The molecular weight excluding hydrogens is 210 g/mol. The minimum absolute atomic E-state index is 0.0331. The molecule has 2 aromatic heterocycles. The predicted octanol–water partition coefficient (Wildman–Crippen LogP) is 0.608. The molecule has 1 amide bonds. The van der Waals surface area contributed by atoms with Crippen LogP contribution >= 0.6 is 0 Å². The fourth-order valence-electron chi connectivity index (χ4n) is 1.12. The van der Waals surface area contributed by atoms with Crippen LogP contribution in [0.4, 0.5) is 11.8 Å². The van der Waals surface area contributed by atoms with Crippen molar-refractivity contribution in [1.29, 1.82) is 0 Å². The molecule has 0 aliphatic heterocycles. The molecule has 0 radical (unpaired) electrons. The van der Waals surface area contributed by atoms with E-state index in [0.29, 0.717) is 5.89 Å². The molecule has 2 aromatic rings. The number of nitrogens with zero attached hydrogens (tertiary/aromatic N) is 3. The fraction of sp³-hybridized carbons (Fsp3) is 0.111. The molecule has 0 aliphatic rings. The highest BCUT2D eigenvalue weighted by Gasteiger charge is 2.12. The van der Waals surface area contributed by atoms with Crippen LogP contribution in [0.1, 0.15) is 16.2 Å². The van der Waals surface area contributed by atoms with Crippen LogP contribution in [0.25, 0.3) is 0 Å². The summed E-state index contributed by atoms with van der Waals surface area (Å²) in [5.74, 6) is 0.0833. The maximum atomic E-state index is 11.7. The average molecular weight is 219 g/mol. The minimum atomic E-state index is -0.436. The van der Waals surface area contributed by atoms with Gasteiger partial charge in [0.25, 0.3) is 5.91 Å². The van der Waals surface area contributed by atoms with Gasteiger partial charge in [-0.15, -0.1) is 5.10 Å². The van der Waals surface area contributed by atoms with Crippen molar-refractivity contribution in [2.24, 2.45) is 0 Å². The number of nitrogens with one attached hydrogen (secondary N) is 1. The molecule has 3 N–H and O–H groups in total. The zero-order valence-electron chi connectivity index (χ0n) is 8.47. The smallest absolute Gasteiger partial charge is 0.322 e. The maximum absolute atomic E-state index is 11.7. The van der Waals surface area contributed by atoms with E-state index in [9.17, 15) is 4.79 Å². The van der Waals surface area contributed by atoms with E-state index in [2.05, 4.69) is 20.5 Å². The van der Waals surface area contributed by atoms with Gasteiger partial charge in [0.05, 0.1) is 5.56 Å². The van der Waals surface area contributed by atoms with Crippen LogP contribution in [-0.2, 0) is 0 Å². The highest BCUT2D eigenvalue weighted by Crippen LogP contribution is 2.10. The second kappa shape index (κ2) is 3.97. The van der Waals surface area contributed by atoms with Crippen LogP contribution in [0, 0.1) is 6.92 Å². The summed E-state index contributed by atoms with van der Waals surface area (Å²) in [5, 5.41) is 9.63. The van der Waals surface area contributed by atoms with E-state index in [4.69, 9.17) is 10.2 Å². The van der Waals surface area contributed by atoms with Crippen LogP contribution in [0.2, 0.25) is 0 Å². The third kappa shape index (κ3) is 1.97. The molecule has 0 saturated heterocycles. The number of nitrogen functional groups attached to an aromatic ring is 1. The first kappa shape index (κ1) is 10.1. The highest BCUT2D eigenvalue weighted by molar-refractivity contribution is 6.06. The van der Waals surface area contributed by atoms with Gasteiger partial charge in [-0.05, 0) is 12.1 Å². The molecule has 0 saturated carbocycles. The van der Waals surface area contributed by atoms with Crippen LogP contribution in [-0.4, -0.2) is 21.1 Å². The summed E-state index contributed by atoms with van der Waals surface area (Å²) in [5.41, 5.74) is 5.80. The Hall–Kier alpha value is -2.44. The Morgan fingerprint density at radius 3 is 2.94 bits per heavy atom. The third-order valence-corrected chi connectivity index (χ3v) is 1.83. The van der Waals surface area contributed by atoms with Gasteiger partial charge in [-0.3, -0.25) is 10.1 Å². The second-order valence-electron chi connectivity index (χ2n) is 3.02. The van der Waals surface area contributed by atoms with E-state index in [0.717, 1.165) is 0 Å². The summed E-state index contributed by atoms with van der Waals surface area (Å²) in [6.45, 7) is 1.63. The maximum Gasteiger partial charge on any atom is 0.322 e. The lowest BCUT2D eigenvalue weighted by atomic mass is 10.2. The molecule has 0 unspecified atom stereocenters.